The monoisotopic (exact) mass is 226 g/mol. The summed E-state index contributed by atoms with van der Waals surface area (Å²) in [6.45, 7) is 1.27. The van der Waals surface area contributed by atoms with Crippen molar-refractivity contribution in [1.82, 2.24) is 0 Å². The van der Waals surface area contributed by atoms with Gasteiger partial charge in [-0.3, -0.25) is 0 Å². The molecule has 0 aliphatic heterocycles. The van der Waals surface area contributed by atoms with Gasteiger partial charge in [0.05, 0.1) is 0 Å². The van der Waals surface area contributed by atoms with E-state index in [1.54, 1.807) is 0 Å². The molecule has 0 fully saturated rings. The van der Waals surface area contributed by atoms with Gasteiger partial charge in [0, 0.05) is 6.54 Å². The fraction of sp³-hybridized carbons (Fsp3) is 0.200. The summed E-state index contributed by atoms with van der Waals surface area (Å²) in [6, 6.07) is 16.9. The Balaban J connectivity index is 2.34. The van der Waals surface area contributed by atoms with Crippen molar-refractivity contribution in [3.8, 4) is 11.1 Å². The van der Waals surface area contributed by atoms with E-state index in [9.17, 15) is 0 Å². The molecule has 0 aliphatic rings. The average molecular weight is 226 g/mol. The molecule has 2 nitrogen and oxygen atoms in total. The van der Waals surface area contributed by atoms with Crippen LogP contribution in [0.15, 0.2) is 48.5 Å². The van der Waals surface area contributed by atoms with Crippen LogP contribution in [-0.2, 0) is 13.0 Å². The van der Waals surface area contributed by atoms with Crippen LogP contribution in [0.3, 0.4) is 0 Å². The molecule has 0 aromatic heterocycles. The van der Waals surface area contributed by atoms with Gasteiger partial charge in [-0.25, -0.2) is 0 Å². The summed E-state index contributed by atoms with van der Waals surface area (Å²) >= 11 is 0. The SMILES string of the molecule is NCCc1cccc(-c2cccc(CN)c2)c1. The van der Waals surface area contributed by atoms with E-state index >= 15 is 0 Å². The molecule has 2 aromatic carbocycles. The van der Waals surface area contributed by atoms with Crippen LogP contribution in [-0.4, -0.2) is 6.54 Å². The van der Waals surface area contributed by atoms with Gasteiger partial charge in [-0.15, -0.1) is 0 Å². The second-order valence-electron chi connectivity index (χ2n) is 4.14. The lowest BCUT2D eigenvalue weighted by Gasteiger charge is -2.06. The Morgan fingerprint density at radius 3 is 1.94 bits per heavy atom. The van der Waals surface area contributed by atoms with Crippen LogP contribution >= 0.6 is 0 Å². The van der Waals surface area contributed by atoms with Gasteiger partial charge in [0.25, 0.3) is 0 Å². The van der Waals surface area contributed by atoms with Crippen molar-refractivity contribution in [2.45, 2.75) is 13.0 Å². The molecule has 0 heterocycles. The molecule has 2 rings (SSSR count). The minimum atomic E-state index is 0.580. The summed E-state index contributed by atoms with van der Waals surface area (Å²) in [5, 5.41) is 0. The van der Waals surface area contributed by atoms with Crippen LogP contribution < -0.4 is 11.5 Å². The van der Waals surface area contributed by atoms with Crippen LogP contribution in [0.2, 0.25) is 0 Å². The average Bonchev–Trinajstić information content (AvgIpc) is 2.40. The molecular weight excluding hydrogens is 208 g/mol. The van der Waals surface area contributed by atoms with Gasteiger partial charge in [-0.2, -0.15) is 0 Å². The second-order valence-corrected chi connectivity index (χ2v) is 4.14. The first kappa shape index (κ1) is 11.8. The number of hydrogen-bond acceptors (Lipinski definition) is 2. The van der Waals surface area contributed by atoms with E-state index < -0.39 is 0 Å². The Hall–Kier alpha value is -1.64. The van der Waals surface area contributed by atoms with Crippen molar-refractivity contribution in [2.75, 3.05) is 6.54 Å². The smallest absolute Gasteiger partial charge is 0.0178 e. The number of hydrogen-bond donors (Lipinski definition) is 2. The Morgan fingerprint density at radius 1 is 0.765 bits per heavy atom. The molecule has 0 saturated heterocycles. The van der Waals surface area contributed by atoms with Crippen molar-refractivity contribution < 1.29 is 0 Å². The lowest BCUT2D eigenvalue weighted by molar-refractivity contribution is 0.969. The fourth-order valence-electron chi connectivity index (χ4n) is 1.95. The highest BCUT2D eigenvalue weighted by molar-refractivity contribution is 5.64. The minimum Gasteiger partial charge on any atom is -0.330 e. The van der Waals surface area contributed by atoms with E-state index in [1.807, 2.05) is 12.1 Å². The van der Waals surface area contributed by atoms with Gasteiger partial charge >= 0.3 is 0 Å². The molecule has 0 amide bonds. The third-order valence-corrected chi connectivity index (χ3v) is 2.86. The maximum Gasteiger partial charge on any atom is 0.0178 e. The minimum absolute atomic E-state index is 0.580. The standard InChI is InChI=1S/C15H18N2/c16-8-7-12-3-1-5-14(9-12)15-6-2-4-13(10-15)11-17/h1-6,9-10H,7-8,11,16-17H2. The van der Waals surface area contributed by atoms with Crippen LogP contribution in [0.1, 0.15) is 11.1 Å². The lowest BCUT2D eigenvalue weighted by atomic mass is 10.00. The molecule has 0 radical (unpaired) electrons. The Bertz CT molecular complexity index is 492. The number of rotatable bonds is 4. The zero-order chi connectivity index (χ0) is 12.1. The first-order chi connectivity index (χ1) is 8.33. The summed E-state index contributed by atoms with van der Waals surface area (Å²) < 4.78 is 0. The zero-order valence-corrected chi connectivity index (χ0v) is 9.89. The van der Waals surface area contributed by atoms with Crippen molar-refractivity contribution in [3.63, 3.8) is 0 Å². The largest absolute Gasteiger partial charge is 0.330 e. The normalized spacial score (nSPS) is 10.5. The molecule has 0 unspecified atom stereocenters. The van der Waals surface area contributed by atoms with Gasteiger partial charge in [-0.05, 0) is 41.3 Å². The summed E-state index contributed by atoms with van der Waals surface area (Å²) in [4.78, 5) is 0. The lowest BCUT2D eigenvalue weighted by Crippen LogP contribution is -2.02. The van der Waals surface area contributed by atoms with Crippen molar-refractivity contribution in [3.05, 3.63) is 59.7 Å². The van der Waals surface area contributed by atoms with Crippen LogP contribution in [0.4, 0.5) is 0 Å². The highest BCUT2D eigenvalue weighted by Crippen LogP contribution is 2.21. The highest BCUT2D eigenvalue weighted by Gasteiger charge is 2.00. The van der Waals surface area contributed by atoms with Crippen LogP contribution in [0.25, 0.3) is 11.1 Å². The van der Waals surface area contributed by atoms with Crippen LogP contribution in [0, 0.1) is 0 Å². The molecule has 2 heteroatoms. The van der Waals surface area contributed by atoms with E-state index in [-0.39, 0.29) is 0 Å². The van der Waals surface area contributed by atoms with Gasteiger partial charge in [0.15, 0.2) is 0 Å². The van der Waals surface area contributed by atoms with E-state index in [0.717, 1.165) is 12.0 Å². The van der Waals surface area contributed by atoms with Crippen molar-refractivity contribution >= 4 is 0 Å². The summed E-state index contributed by atoms with van der Waals surface area (Å²) in [7, 11) is 0. The highest BCUT2D eigenvalue weighted by atomic mass is 14.5. The van der Waals surface area contributed by atoms with E-state index in [1.165, 1.54) is 16.7 Å². The molecule has 0 bridgehead atoms. The molecule has 4 N–H and O–H groups in total. The van der Waals surface area contributed by atoms with Gasteiger partial charge in [-0.1, -0.05) is 42.5 Å². The van der Waals surface area contributed by atoms with Crippen LogP contribution in [0.5, 0.6) is 0 Å². The fourth-order valence-corrected chi connectivity index (χ4v) is 1.95. The predicted octanol–water partition coefficient (Wildman–Crippen LogP) is 2.31. The molecule has 0 atom stereocenters. The Labute approximate surface area is 102 Å². The van der Waals surface area contributed by atoms with Gasteiger partial charge in [0.2, 0.25) is 0 Å². The van der Waals surface area contributed by atoms with Gasteiger partial charge < -0.3 is 11.5 Å². The first-order valence-corrected chi connectivity index (χ1v) is 5.92. The summed E-state index contributed by atoms with van der Waals surface area (Å²) in [5.74, 6) is 0. The van der Waals surface area contributed by atoms with E-state index in [2.05, 4.69) is 36.4 Å². The molecule has 0 spiro atoms. The molecular formula is C15H18N2. The molecule has 2 aromatic rings. The number of nitrogens with two attached hydrogens (primary N) is 2. The Morgan fingerprint density at radius 2 is 1.35 bits per heavy atom. The maximum absolute atomic E-state index is 5.66. The molecule has 17 heavy (non-hydrogen) atoms. The molecule has 88 valence electrons. The topological polar surface area (TPSA) is 52.0 Å². The summed E-state index contributed by atoms with van der Waals surface area (Å²) in [5.41, 5.74) is 16.1. The third kappa shape index (κ3) is 2.93. The predicted molar refractivity (Wildman–Crippen MR) is 72.5 cm³/mol. The summed E-state index contributed by atoms with van der Waals surface area (Å²) in [6.07, 6.45) is 0.921. The molecule has 0 saturated carbocycles. The van der Waals surface area contributed by atoms with Crippen molar-refractivity contribution in [2.24, 2.45) is 11.5 Å². The third-order valence-electron chi connectivity index (χ3n) is 2.86. The van der Waals surface area contributed by atoms with Gasteiger partial charge in [0.1, 0.15) is 0 Å². The van der Waals surface area contributed by atoms with E-state index in [0.29, 0.717) is 13.1 Å². The Kier molecular flexibility index (Phi) is 3.91. The first-order valence-electron chi connectivity index (χ1n) is 5.92. The van der Waals surface area contributed by atoms with Crippen molar-refractivity contribution in [1.29, 1.82) is 0 Å². The zero-order valence-electron chi connectivity index (χ0n) is 9.89. The van der Waals surface area contributed by atoms with E-state index in [4.69, 9.17) is 11.5 Å². The maximum atomic E-state index is 5.66. The quantitative estimate of drug-likeness (QED) is 0.840. The second kappa shape index (κ2) is 5.62. The molecule has 0 aliphatic carbocycles. The number of benzene rings is 2.